The summed E-state index contributed by atoms with van der Waals surface area (Å²) in [4.78, 5) is 11.5. The lowest BCUT2D eigenvalue weighted by Gasteiger charge is -2.05. The average molecular weight is 231 g/mol. The number of carbonyl (C=O) groups is 1. The molecule has 1 heterocycles. The van der Waals surface area contributed by atoms with Crippen LogP contribution in [0.15, 0.2) is 30.6 Å². The Kier molecular flexibility index (Phi) is 3.18. The summed E-state index contributed by atoms with van der Waals surface area (Å²) in [5, 5.41) is 7.71. The highest BCUT2D eigenvalue weighted by atomic mass is 16.5. The second-order valence-electron chi connectivity index (χ2n) is 3.52. The van der Waals surface area contributed by atoms with Crippen LogP contribution >= 0.6 is 0 Å². The highest BCUT2D eigenvalue weighted by Crippen LogP contribution is 2.11. The lowest BCUT2D eigenvalue weighted by atomic mass is 10.2. The topological polar surface area (TPSA) is 57.0 Å². The van der Waals surface area contributed by atoms with Gasteiger partial charge in [0.05, 0.1) is 12.2 Å². The van der Waals surface area contributed by atoms with Crippen molar-refractivity contribution in [3.63, 3.8) is 0 Å². The fraction of sp³-hybridized carbons (Fsp3) is 0.250. The summed E-state index contributed by atoms with van der Waals surface area (Å²) in [5.74, 6) is 0.494. The standard InChI is InChI=1S/C12H13N3O2/c1-3-17-12(16)10-4-6-11(7-5-10)15-8-13-14-9(15)2/h4-8H,3H2,1-2H3. The maximum atomic E-state index is 11.5. The van der Waals surface area contributed by atoms with Gasteiger partial charge in [0.25, 0.3) is 0 Å². The second-order valence-corrected chi connectivity index (χ2v) is 3.52. The molecule has 0 N–H and O–H groups in total. The van der Waals surface area contributed by atoms with Crippen LogP contribution < -0.4 is 0 Å². The van der Waals surface area contributed by atoms with Gasteiger partial charge in [0.1, 0.15) is 12.2 Å². The number of esters is 1. The summed E-state index contributed by atoms with van der Waals surface area (Å²) >= 11 is 0. The molecule has 0 spiro atoms. The van der Waals surface area contributed by atoms with Crippen molar-refractivity contribution in [2.45, 2.75) is 13.8 Å². The summed E-state index contributed by atoms with van der Waals surface area (Å²) in [5.41, 5.74) is 1.46. The minimum absolute atomic E-state index is 0.306. The molecule has 17 heavy (non-hydrogen) atoms. The first-order valence-corrected chi connectivity index (χ1v) is 5.36. The first-order valence-electron chi connectivity index (χ1n) is 5.36. The zero-order valence-electron chi connectivity index (χ0n) is 9.75. The molecule has 0 bridgehead atoms. The molecule has 1 aromatic heterocycles. The molecule has 0 radical (unpaired) electrons. The van der Waals surface area contributed by atoms with E-state index in [1.54, 1.807) is 25.4 Å². The summed E-state index contributed by atoms with van der Waals surface area (Å²) in [6.45, 7) is 4.03. The van der Waals surface area contributed by atoms with Gasteiger partial charge in [0.2, 0.25) is 0 Å². The van der Waals surface area contributed by atoms with Crippen LogP contribution in [0.2, 0.25) is 0 Å². The molecular formula is C12H13N3O2. The molecular weight excluding hydrogens is 218 g/mol. The van der Waals surface area contributed by atoms with Gasteiger partial charge >= 0.3 is 5.97 Å². The number of hydrogen-bond acceptors (Lipinski definition) is 4. The smallest absolute Gasteiger partial charge is 0.338 e. The highest BCUT2D eigenvalue weighted by Gasteiger charge is 2.07. The minimum atomic E-state index is -0.306. The van der Waals surface area contributed by atoms with Crippen molar-refractivity contribution in [1.82, 2.24) is 14.8 Å². The van der Waals surface area contributed by atoms with Gasteiger partial charge in [0.15, 0.2) is 0 Å². The van der Waals surface area contributed by atoms with Crippen molar-refractivity contribution < 1.29 is 9.53 Å². The molecule has 0 aliphatic rings. The molecule has 0 amide bonds. The van der Waals surface area contributed by atoms with Gasteiger partial charge in [-0.3, -0.25) is 4.57 Å². The van der Waals surface area contributed by atoms with E-state index in [1.165, 1.54) is 0 Å². The fourth-order valence-electron chi connectivity index (χ4n) is 1.52. The molecule has 0 fully saturated rings. The third kappa shape index (κ3) is 2.33. The van der Waals surface area contributed by atoms with E-state index in [0.29, 0.717) is 12.2 Å². The molecule has 0 unspecified atom stereocenters. The number of carbonyl (C=O) groups excluding carboxylic acids is 1. The number of benzene rings is 1. The molecule has 2 rings (SSSR count). The van der Waals surface area contributed by atoms with Gasteiger partial charge < -0.3 is 4.74 Å². The van der Waals surface area contributed by atoms with Gasteiger partial charge in [-0.05, 0) is 38.1 Å². The summed E-state index contributed by atoms with van der Waals surface area (Å²) in [7, 11) is 0. The third-order valence-electron chi connectivity index (χ3n) is 2.37. The van der Waals surface area contributed by atoms with Crippen LogP contribution in [0, 0.1) is 6.92 Å². The predicted molar refractivity (Wildman–Crippen MR) is 62.1 cm³/mol. The molecule has 1 aromatic carbocycles. The molecule has 0 saturated heterocycles. The van der Waals surface area contributed by atoms with E-state index in [-0.39, 0.29) is 5.97 Å². The maximum absolute atomic E-state index is 11.5. The number of rotatable bonds is 3. The van der Waals surface area contributed by atoms with Crippen molar-refractivity contribution in [3.05, 3.63) is 42.0 Å². The van der Waals surface area contributed by atoms with Crippen LogP contribution in [-0.2, 0) is 4.74 Å². The largest absolute Gasteiger partial charge is 0.462 e. The molecule has 5 heteroatoms. The molecule has 0 saturated carbocycles. The molecule has 0 aliphatic heterocycles. The van der Waals surface area contributed by atoms with E-state index in [4.69, 9.17) is 4.74 Å². The van der Waals surface area contributed by atoms with Crippen molar-refractivity contribution in [1.29, 1.82) is 0 Å². The van der Waals surface area contributed by atoms with Crippen molar-refractivity contribution in [3.8, 4) is 5.69 Å². The Morgan fingerprint density at radius 1 is 1.35 bits per heavy atom. The van der Waals surface area contributed by atoms with Gasteiger partial charge in [0, 0.05) is 5.69 Å². The highest BCUT2D eigenvalue weighted by molar-refractivity contribution is 5.89. The number of nitrogens with zero attached hydrogens (tertiary/aromatic N) is 3. The van der Waals surface area contributed by atoms with Crippen molar-refractivity contribution >= 4 is 5.97 Å². The van der Waals surface area contributed by atoms with Crippen LogP contribution in [0.1, 0.15) is 23.1 Å². The van der Waals surface area contributed by atoms with E-state index in [1.807, 2.05) is 23.6 Å². The molecule has 0 aliphatic carbocycles. The Morgan fingerprint density at radius 2 is 2.06 bits per heavy atom. The molecule has 2 aromatic rings. The number of aryl methyl sites for hydroxylation is 1. The summed E-state index contributed by atoms with van der Waals surface area (Å²) in [6.07, 6.45) is 1.63. The van der Waals surface area contributed by atoms with E-state index < -0.39 is 0 Å². The summed E-state index contributed by atoms with van der Waals surface area (Å²) in [6, 6.07) is 7.13. The maximum Gasteiger partial charge on any atom is 0.338 e. The zero-order valence-corrected chi connectivity index (χ0v) is 9.75. The normalized spacial score (nSPS) is 10.2. The van der Waals surface area contributed by atoms with E-state index >= 15 is 0 Å². The van der Waals surface area contributed by atoms with Gasteiger partial charge in [-0.2, -0.15) is 0 Å². The number of aromatic nitrogens is 3. The number of hydrogen-bond donors (Lipinski definition) is 0. The average Bonchev–Trinajstić information content (AvgIpc) is 2.76. The van der Waals surface area contributed by atoms with Gasteiger partial charge in [-0.1, -0.05) is 0 Å². The van der Waals surface area contributed by atoms with E-state index in [9.17, 15) is 4.79 Å². The lowest BCUT2D eigenvalue weighted by Crippen LogP contribution is -2.04. The Labute approximate surface area is 99.1 Å². The minimum Gasteiger partial charge on any atom is -0.462 e. The van der Waals surface area contributed by atoms with Crippen LogP contribution in [0.25, 0.3) is 5.69 Å². The second kappa shape index (κ2) is 4.78. The Hall–Kier alpha value is -2.17. The lowest BCUT2D eigenvalue weighted by molar-refractivity contribution is 0.0526. The van der Waals surface area contributed by atoms with Gasteiger partial charge in [-0.25, -0.2) is 4.79 Å². The van der Waals surface area contributed by atoms with Crippen LogP contribution in [0.5, 0.6) is 0 Å². The van der Waals surface area contributed by atoms with Gasteiger partial charge in [-0.15, -0.1) is 10.2 Å². The van der Waals surface area contributed by atoms with Crippen molar-refractivity contribution in [2.75, 3.05) is 6.61 Å². The first kappa shape index (κ1) is 11.3. The quantitative estimate of drug-likeness (QED) is 0.755. The fourth-order valence-corrected chi connectivity index (χ4v) is 1.52. The van der Waals surface area contributed by atoms with E-state index in [0.717, 1.165) is 11.5 Å². The zero-order chi connectivity index (χ0) is 12.3. The van der Waals surface area contributed by atoms with Crippen LogP contribution in [0.3, 0.4) is 0 Å². The van der Waals surface area contributed by atoms with E-state index in [2.05, 4.69) is 10.2 Å². The summed E-state index contributed by atoms with van der Waals surface area (Å²) < 4.78 is 6.75. The molecule has 88 valence electrons. The first-order chi connectivity index (χ1) is 8.22. The molecule has 5 nitrogen and oxygen atoms in total. The Balaban J connectivity index is 2.25. The Morgan fingerprint density at radius 3 is 2.59 bits per heavy atom. The van der Waals surface area contributed by atoms with Crippen LogP contribution in [-0.4, -0.2) is 27.3 Å². The predicted octanol–water partition coefficient (Wildman–Crippen LogP) is 1.75. The number of ether oxygens (including phenoxy) is 1. The third-order valence-corrected chi connectivity index (χ3v) is 2.37. The van der Waals surface area contributed by atoms with Crippen molar-refractivity contribution in [2.24, 2.45) is 0 Å². The molecule has 0 atom stereocenters. The Bertz CT molecular complexity index is 517. The monoisotopic (exact) mass is 231 g/mol. The SMILES string of the molecule is CCOC(=O)c1ccc(-n2cnnc2C)cc1. The van der Waals surface area contributed by atoms with Crippen LogP contribution in [0.4, 0.5) is 0 Å².